The van der Waals surface area contributed by atoms with Crippen LogP contribution in [0.1, 0.15) is 81.6 Å². The summed E-state index contributed by atoms with van der Waals surface area (Å²) in [6.07, 6.45) is 3.07. The van der Waals surface area contributed by atoms with Gasteiger partial charge in [0, 0.05) is 12.8 Å². The maximum absolute atomic E-state index is 12.6. The van der Waals surface area contributed by atoms with Crippen LogP contribution in [0.15, 0.2) is 0 Å². The zero-order valence-electron chi connectivity index (χ0n) is 16.2. The molecule has 25 heavy (non-hydrogen) atoms. The van der Waals surface area contributed by atoms with E-state index in [-0.39, 0.29) is 23.0 Å². The van der Waals surface area contributed by atoms with Crippen LogP contribution in [-0.2, 0) is 21.5 Å². The Bertz CT molecular complexity index is 662. The molecule has 0 unspecified atom stereocenters. The van der Waals surface area contributed by atoms with Gasteiger partial charge in [-0.15, -0.1) is 11.3 Å². The monoisotopic (exact) mass is 367 g/mol. The van der Waals surface area contributed by atoms with E-state index in [9.17, 15) is 9.59 Å². The molecular weight excluding hydrogens is 336 g/mol. The van der Waals surface area contributed by atoms with Gasteiger partial charge in [0.25, 0.3) is 0 Å². The van der Waals surface area contributed by atoms with Crippen molar-refractivity contribution in [2.75, 3.05) is 11.9 Å². The van der Waals surface area contributed by atoms with Gasteiger partial charge in [-0.2, -0.15) is 0 Å². The largest absolute Gasteiger partial charge is 0.462 e. The SMILES string of the molecule is CCCCC(=O)Nc1sc2c(c1C(=O)OCC)CC(C)(C)[NH2+]C2(C)C. The molecule has 1 aliphatic heterocycles. The molecule has 1 aromatic heterocycles. The summed E-state index contributed by atoms with van der Waals surface area (Å²) in [7, 11) is 0. The fourth-order valence-corrected chi connectivity index (χ4v) is 5.03. The lowest BCUT2D eigenvalue weighted by Gasteiger charge is -2.38. The van der Waals surface area contributed by atoms with Crippen LogP contribution in [0.4, 0.5) is 5.00 Å². The number of ether oxygens (including phenoxy) is 1. The maximum atomic E-state index is 12.6. The molecule has 0 saturated heterocycles. The van der Waals surface area contributed by atoms with Gasteiger partial charge in [-0.1, -0.05) is 13.3 Å². The molecule has 6 heteroatoms. The van der Waals surface area contributed by atoms with Crippen LogP contribution >= 0.6 is 11.3 Å². The molecule has 1 amide bonds. The average molecular weight is 368 g/mol. The van der Waals surface area contributed by atoms with Crippen molar-refractivity contribution in [3.05, 3.63) is 16.0 Å². The van der Waals surface area contributed by atoms with Crippen molar-refractivity contribution in [1.29, 1.82) is 0 Å². The van der Waals surface area contributed by atoms with Crippen molar-refractivity contribution < 1.29 is 19.6 Å². The summed E-state index contributed by atoms with van der Waals surface area (Å²) in [4.78, 5) is 26.0. The molecule has 3 N–H and O–H groups in total. The Balaban J connectivity index is 2.48. The number of hydrogen-bond acceptors (Lipinski definition) is 4. The van der Waals surface area contributed by atoms with Crippen molar-refractivity contribution in [2.24, 2.45) is 0 Å². The third-order valence-electron chi connectivity index (χ3n) is 4.47. The quantitative estimate of drug-likeness (QED) is 0.759. The first-order chi connectivity index (χ1) is 11.6. The third-order valence-corrected chi connectivity index (χ3v) is 5.95. The molecule has 0 bridgehead atoms. The molecule has 1 aromatic rings. The topological polar surface area (TPSA) is 72.0 Å². The molecule has 0 atom stereocenters. The lowest BCUT2D eigenvalue weighted by Crippen LogP contribution is -3.03. The summed E-state index contributed by atoms with van der Waals surface area (Å²) in [6, 6.07) is 0. The molecule has 1 aliphatic rings. The number of thiophene rings is 1. The number of carbonyl (C=O) groups excluding carboxylic acids is 2. The van der Waals surface area contributed by atoms with Crippen molar-refractivity contribution >= 4 is 28.2 Å². The highest BCUT2D eigenvalue weighted by molar-refractivity contribution is 7.17. The van der Waals surface area contributed by atoms with E-state index in [4.69, 9.17) is 4.74 Å². The van der Waals surface area contributed by atoms with Crippen LogP contribution in [0.25, 0.3) is 0 Å². The van der Waals surface area contributed by atoms with E-state index >= 15 is 0 Å². The van der Waals surface area contributed by atoms with E-state index < -0.39 is 0 Å². The highest BCUT2D eigenvalue weighted by Crippen LogP contribution is 2.42. The van der Waals surface area contributed by atoms with Gasteiger partial charge >= 0.3 is 5.97 Å². The molecule has 0 aliphatic carbocycles. The standard InChI is InChI=1S/C19H30N2O3S/c1-7-9-10-13(22)20-16-14(17(23)24-8-2)12-11-18(3,4)21-19(5,6)15(12)25-16/h21H,7-11H2,1-6H3,(H,20,22)/p+1. The Kier molecular flexibility index (Phi) is 5.94. The molecule has 2 heterocycles. The second-order valence-electron chi connectivity index (χ2n) is 8.02. The number of nitrogens with one attached hydrogen (secondary N) is 1. The first-order valence-corrected chi connectivity index (χ1v) is 9.93. The predicted octanol–water partition coefficient (Wildman–Crippen LogP) is 3.19. The molecule has 0 fully saturated rings. The Morgan fingerprint density at radius 1 is 1.24 bits per heavy atom. The van der Waals surface area contributed by atoms with Crippen LogP contribution in [0.3, 0.4) is 0 Å². The van der Waals surface area contributed by atoms with Crippen molar-refractivity contribution in [2.45, 2.75) is 78.3 Å². The first-order valence-electron chi connectivity index (χ1n) is 9.11. The molecule has 0 spiro atoms. The molecular formula is C19H31N2O3S+. The van der Waals surface area contributed by atoms with Gasteiger partial charge in [0.1, 0.15) is 10.5 Å². The smallest absolute Gasteiger partial charge is 0.341 e. The zero-order valence-corrected chi connectivity index (χ0v) is 17.1. The average Bonchev–Trinajstić information content (AvgIpc) is 2.82. The van der Waals surface area contributed by atoms with E-state index in [1.165, 1.54) is 11.3 Å². The van der Waals surface area contributed by atoms with E-state index in [2.05, 4.69) is 45.3 Å². The molecule has 0 saturated carbocycles. The fourth-order valence-electron chi connectivity index (χ4n) is 3.74. The van der Waals surface area contributed by atoms with Gasteiger partial charge in [-0.3, -0.25) is 4.79 Å². The molecule has 5 nitrogen and oxygen atoms in total. The number of amides is 1. The number of rotatable bonds is 6. The first kappa shape index (κ1) is 19.9. The minimum absolute atomic E-state index is 0.0116. The van der Waals surface area contributed by atoms with Gasteiger partial charge < -0.3 is 15.4 Å². The van der Waals surface area contributed by atoms with Crippen molar-refractivity contribution in [3.8, 4) is 0 Å². The van der Waals surface area contributed by atoms with Crippen molar-refractivity contribution in [1.82, 2.24) is 0 Å². The van der Waals surface area contributed by atoms with Gasteiger partial charge in [-0.25, -0.2) is 4.79 Å². The highest BCUT2D eigenvalue weighted by Gasteiger charge is 2.45. The maximum Gasteiger partial charge on any atom is 0.341 e. The van der Waals surface area contributed by atoms with Crippen molar-refractivity contribution in [3.63, 3.8) is 0 Å². The van der Waals surface area contributed by atoms with Crippen LogP contribution in [0, 0.1) is 0 Å². The van der Waals surface area contributed by atoms with Gasteiger partial charge in [0.05, 0.1) is 22.6 Å². The predicted molar refractivity (Wildman–Crippen MR) is 101 cm³/mol. The van der Waals surface area contributed by atoms with E-state index in [1.54, 1.807) is 6.92 Å². The minimum Gasteiger partial charge on any atom is -0.462 e. The van der Waals surface area contributed by atoms with Crippen LogP contribution in [-0.4, -0.2) is 24.0 Å². The molecule has 0 radical (unpaired) electrons. The summed E-state index contributed by atoms with van der Waals surface area (Å²) < 4.78 is 5.30. The number of hydrogen-bond donors (Lipinski definition) is 2. The molecule has 2 rings (SSSR count). The summed E-state index contributed by atoms with van der Waals surface area (Å²) in [5.41, 5.74) is 1.44. The number of unbranched alkanes of at least 4 members (excludes halogenated alkanes) is 1. The number of esters is 1. The lowest BCUT2D eigenvalue weighted by molar-refractivity contribution is -0.789. The number of quaternary nitrogens is 1. The summed E-state index contributed by atoms with van der Waals surface area (Å²) in [5, 5.41) is 5.96. The minimum atomic E-state index is -0.334. The number of anilines is 1. The van der Waals surface area contributed by atoms with Crippen LogP contribution in [0.2, 0.25) is 0 Å². The van der Waals surface area contributed by atoms with E-state index in [1.807, 2.05) is 0 Å². The summed E-state index contributed by atoms with van der Waals surface area (Å²) in [5.74, 6) is -0.369. The Morgan fingerprint density at radius 3 is 2.52 bits per heavy atom. The molecule has 0 aromatic carbocycles. The van der Waals surface area contributed by atoms with E-state index in [0.717, 1.165) is 29.7 Å². The van der Waals surface area contributed by atoms with Gasteiger partial charge in [-0.05, 0) is 46.6 Å². The number of nitrogens with two attached hydrogens (primary N) is 1. The normalized spacial score (nSPS) is 17.7. The summed E-state index contributed by atoms with van der Waals surface area (Å²) >= 11 is 1.52. The van der Waals surface area contributed by atoms with Crippen LogP contribution in [0.5, 0.6) is 0 Å². The van der Waals surface area contributed by atoms with E-state index in [0.29, 0.717) is 23.6 Å². The number of fused-ring (bicyclic) bond motifs is 1. The Labute approximate surface area is 154 Å². The highest BCUT2D eigenvalue weighted by atomic mass is 32.1. The Hall–Kier alpha value is -1.40. The number of carbonyl (C=O) groups is 2. The lowest BCUT2D eigenvalue weighted by atomic mass is 9.81. The second kappa shape index (κ2) is 7.46. The Morgan fingerprint density at radius 2 is 1.92 bits per heavy atom. The van der Waals surface area contributed by atoms with Gasteiger partial charge in [0.2, 0.25) is 5.91 Å². The van der Waals surface area contributed by atoms with Gasteiger partial charge in [0.15, 0.2) is 0 Å². The van der Waals surface area contributed by atoms with Crippen LogP contribution < -0.4 is 10.6 Å². The fraction of sp³-hybridized carbons (Fsp3) is 0.684. The molecule has 140 valence electrons. The third kappa shape index (κ3) is 4.42. The summed E-state index contributed by atoms with van der Waals surface area (Å²) in [6.45, 7) is 12.9. The second-order valence-corrected chi connectivity index (χ2v) is 9.04. The zero-order chi connectivity index (χ0) is 18.8.